The number of aryl methyl sites for hydroxylation is 1. The molecule has 0 saturated heterocycles. The molecule has 1 unspecified atom stereocenters. The first kappa shape index (κ1) is 14.2. The zero-order valence-electron chi connectivity index (χ0n) is 12.7. The van der Waals surface area contributed by atoms with Crippen LogP contribution in [0.1, 0.15) is 47.7 Å². The van der Waals surface area contributed by atoms with Gasteiger partial charge in [0, 0.05) is 5.39 Å². The van der Waals surface area contributed by atoms with Crippen LogP contribution in [0.15, 0.2) is 28.7 Å². The number of hydrogen-bond acceptors (Lipinski definition) is 5. The van der Waals surface area contributed by atoms with Gasteiger partial charge in [0.1, 0.15) is 17.4 Å². The molecule has 2 heterocycles. The third-order valence-corrected chi connectivity index (χ3v) is 4.49. The molecule has 3 aromatic rings. The maximum Gasteiger partial charge on any atom is 0.137 e. The second-order valence-corrected chi connectivity index (χ2v) is 6.33. The predicted octanol–water partition coefficient (Wildman–Crippen LogP) is 4.02. The predicted molar refractivity (Wildman–Crippen MR) is 85.9 cm³/mol. The first-order valence-corrected chi connectivity index (χ1v) is 7.87. The number of aromatic nitrogens is 2. The number of fused-ring (bicyclic) bond motifs is 1. The molecule has 2 aromatic heterocycles. The Labute approximate surface area is 128 Å². The topological polar surface area (TPSA) is 51.0 Å². The van der Waals surface area contributed by atoms with E-state index in [0.29, 0.717) is 5.92 Å². The van der Waals surface area contributed by atoms with Gasteiger partial charge in [0.2, 0.25) is 0 Å². The van der Waals surface area contributed by atoms with Crippen LogP contribution in [-0.4, -0.2) is 16.6 Å². The van der Waals surface area contributed by atoms with E-state index in [0.717, 1.165) is 32.9 Å². The van der Waals surface area contributed by atoms with Gasteiger partial charge in [0.15, 0.2) is 0 Å². The summed E-state index contributed by atoms with van der Waals surface area (Å²) < 4.78 is 10.2. The van der Waals surface area contributed by atoms with E-state index in [1.54, 1.807) is 0 Å². The minimum absolute atomic E-state index is 0.00537. The quantitative estimate of drug-likeness (QED) is 0.790. The maximum absolute atomic E-state index is 6.10. The van der Waals surface area contributed by atoms with Crippen LogP contribution in [0.25, 0.3) is 11.0 Å². The molecule has 4 nitrogen and oxygen atoms in total. The van der Waals surface area contributed by atoms with Crippen LogP contribution in [0.3, 0.4) is 0 Å². The second-order valence-electron chi connectivity index (χ2n) is 5.54. The molecule has 0 saturated carbocycles. The Bertz CT molecular complexity index is 760. The third kappa shape index (κ3) is 2.47. The van der Waals surface area contributed by atoms with Crippen molar-refractivity contribution in [3.05, 3.63) is 46.2 Å². The highest BCUT2D eigenvalue weighted by Crippen LogP contribution is 2.34. The van der Waals surface area contributed by atoms with Gasteiger partial charge in [-0.1, -0.05) is 36.5 Å². The number of para-hydroxylation sites is 1. The summed E-state index contributed by atoms with van der Waals surface area (Å²) in [5.41, 5.74) is 3.15. The van der Waals surface area contributed by atoms with Crippen molar-refractivity contribution in [1.82, 2.24) is 14.9 Å². The van der Waals surface area contributed by atoms with Gasteiger partial charge in [-0.25, -0.2) is 0 Å². The van der Waals surface area contributed by atoms with Crippen molar-refractivity contribution < 1.29 is 4.42 Å². The van der Waals surface area contributed by atoms with E-state index >= 15 is 0 Å². The molecule has 1 N–H and O–H groups in total. The first-order chi connectivity index (χ1) is 10.1. The third-order valence-electron chi connectivity index (χ3n) is 3.68. The Balaban J connectivity index is 2.09. The summed E-state index contributed by atoms with van der Waals surface area (Å²) in [6.07, 6.45) is 0. The molecule has 3 rings (SSSR count). The van der Waals surface area contributed by atoms with E-state index in [-0.39, 0.29) is 6.04 Å². The van der Waals surface area contributed by atoms with Gasteiger partial charge in [0.25, 0.3) is 0 Å². The Kier molecular flexibility index (Phi) is 3.78. The second kappa shape index (κ2) is 5.58. The van der Waals surface area contributed by atoms with Crippen molar-refractivity contribution in [2.75, 3.05) is 7.05 Å². The monoisotopic (exact) mass is 301 g/mol. The van der Waals surface area contributed by atoms with Gasteiger partial charge in [-0.2, -0.15) is 0 Å². The Morgan fingerprint density at radius 3 is 2.76 bits per heavy atom. The lowest BCUT2D eigenvalue weighted by molar-refractivity contribution is 0.491. The zero-order chi connectivity index (χ0) is 15.0. The molecular weight excluding hydrogens is 282 g/mol. The van der Waals surface area contributed by atoms with Gasteiger partial charge in [-0.05, 0) is 43.1 Å². The van der Waals surface area contributed by atoms with E-state index in [1.807, 2.05) is 7.05 Å². The van der Waals surface area contributed by atoms with Gasteiger partial charge in [-0.3, -0.25) is 0 Å². The highest BCUT2D eigenvalue weighted by atomic mass is 32.1. The Morgan fingerprint density at radius 2 is 2.10 bits per heavy atom. The molecule has 0 spiro atoms. The summed E-state index contributed by atoms with van der Waals surface area (Å²) in [6.45, 7) is 6.34. The largest absolute Gasteiger partial charge is 0.459 e. The fraction of sp³-hybridized carbons (Fsp3) is 0.375. The van der Waals surface area contributed by atoms with Crippen molar-refractivity contribution in [1.29, 1.82) is 0 Å². The molecule has 0 fully saturated rings. The van der Waals surface area contributed by atoms with Crippen LogP contribution >= 0.6 is 11.5 Å². The van der Waals surface area contributed by atoms with Gasteiger partial charge < -0.3 is 9.73 Å². The van der Waals surface area contributed by atoms with E-state index in [4.69, 9.17) is 4.42 Å². The normalized spacial score (nSPS) is 13.2. The number of nitrogens with zero attached hydrogens (tertiary/aromatic N) is 2. The average Bonchev–Trinajstić information content (AvgIpc) is 3.07. The van der Waals surface area contributed by atoms with Crippen LogP contribution < -0.4 is 5.32 Å². The molecule has 1 atom stereocenters. The lowest BCUT2D eigenvalue weighted by Gasteiger charge is -2.13. The van der Waals surface area contributed by atoms with Crippen LogP contribution in [0.5, 0.6) is 0 Å². The molecule has 0 aliphatic rings. The highest BCUT2D eigenvalue weighted by molar-refractivity contribution is 7.05. The Morgan fingerprint density at radius 1 is 1.29 bits per heavy atom. The van der Waals surface area contributed by atoms with Crippen LogP contribution in [-0.2, 0) is 0 Å². The number of benzene rings is 1. The zero-order valence-corrected chi connectivity index (χ0v) is 13.5. The minimum atomic E-state index is -0.00537. The minimum Gasteiger partial charge on any atom is -0.459 e. The van der Waals surface area contributed by atoms with Crippen molar-refractivity contribution >= 4 is 22.5 Å². The smallest absolute Gasteiger partial charge is 0.137 e. The summed E-state index contributed by atoms with van der Waals surface area (Å²) in [5, 5.41) is 8.73. The van der Waals surface area contributed by atoms with E-state index in [2.05, 4.69) is 59.9 Å². The van der Waals surface area contributed by atoms with Gasteiger partial charge >= 0.3 is 0 Å². The SMILES string of the molecule is CNC(c1cc2cccc(C)c2o1)c1snnc1C(C)C. The van der Waals surface area contributed by atoms with Gasteiger partial charge in [0.05, 0.1) is 10.6 Å². The summed E-state index contributed by atoms with van der Waals surface area (Å²) >= 11 is 1.44. The molecule has 5 heteroatoms. The number of rotatable bonds is 4. The molecule has 0 aliphatic carbocycles. The molecule has 110 valence electrons. The van der Waals surface area contributed by atoms with E-state index < -0.39 is 0 Å². The fourth-order valence-electron chi connectivity index (χ4n) is 2.58. The first-order valence-electron chi connectivity index (χ1n) is 7.10. The summed E-state index contributed by atoms with van der Waals surface area (Å²) in [6, 6.07) is 8.30. The van der Waals surface area contributed by atoms with Crippen LogP contribution in [0.2, 0.25) is 0 Å². The molecule has 0 amide bonds. The molecule has 0 bridgehead atoms. The van der Waals surface area contributed by atoms with Crippen molar-refractivity contribution in [2.24, 2.45) is 0 Å². The van der Waals surface area contributed by atoms with Gasteiger partial charge in [-0.15, -0.1) is 5.10 Å². The molecule has 1 aromatic carbocycles. The summed E-state index contributed by atoms with van der Waals surface area (Å²) in [5.74, 6) is 1.26. The fourth-order valence-corrected chi connectivity index (χ4v) is 3.50. The number of nitrogens with one attached hydrogen (secondary N) is 1. The highest BCUT2D eigenvalue weighted by Gasteiger charge is 2.24. The van der Waals surface area contributed by atoms with Crippen molar-refractivity contribution in [2.45, 2.75) is 32.7 Å². The van der Waals surface area contributed by atoms with Crippen LogP contribution in [0.4, 0.5) is 0 Å². The number of hydrogen-bond donors (Lipinski definition) is 1. The van der Waals surface area contributed by atoms with E-state index in [9.17, 15) is 0 Å². The number of furan rings is 1. The standard InChI is InChI=1S/C16H19N3OS/c1-9(2)13-16(21-19-18-13)14(17-4)12-8-11-7-5-6-10(3)15(11)20-12/h5-9,14,17H,1-4H3. The lowest BCUT2D eigenvalue weighted by atomic mass is 10.0. The summed E-state index contributed by atoms with van der Waals surface area (Å²) in [7, 11) is 1.94. The maximum atomic E-state index is 6.10. The average molecular weight is 301 g/mol. The van der Waals surface area contributed by atoms with Crippen molar-refractivity contribution in [3.8, 4) is 0 Å². The molecule has 0 aliphatic heterocycles. The van der Waals surface area contributed by atoms with Crippen molar-refractivity contribution in [3.63, 3.8) is 0 Å². The lowest BCUT2D eigenvalue weighted by Crippen LogP contribution is -2.17. The summed E-state index contributed by atoms with van der Waals surface area (Å²) in [4.78, 5) is 1.13. The molecule has 0 radical (unpaired) electrons. The Hall–Kier alpha value is -1.72. The molecule has 21 heavy (non-hydrogen) atoms. The van der Waals surface area contributed by atoms with E-state index in [1.165, 1.54) is 11.5 Å². The van der Waals surface area contributed by atoms with Crippen LogP contribution in [0, 0.1) is 6.92 Å². The molecular formula is C16H19N3OS.